The first-order chi connectivity index (χ1) is 8.31. The molecule has 2 aromatic rings. The summed E-state index contributed by atoms with van der Waals surface area (Å²) in [5.74, 6) is 0.866. The highest BCUT2D eigenvalue weighted by Gasteiger charge is 2.19. The predicted octanol–water partition coefficient (Wildman–Crippen LogP) is 2.54. The molecule has 4 nitrogen and oxygen atoms in total. The van der Waals surface area contributed by atoms with E-state index in [4.69, 9.17) is 4.74 Å². The highest BCUT2D eigenvalue weighted by Crippen LogP contribution is 2.19. The van der Waals surface area contributed by atoms with E-state index < -0.39 is 0 Å². The maximum Gasteiger partial charge on any atom is 0.201 e. The van der Waals surface area contributed by atoms with E-state index in [1.165, 1.54) is 0 Å². The van der Waals surface area contributed by atoms with Gasteiger partial charge in [0, 0.05) is 12.6 Å². The number of benzene rings is 1. The molecule has 17 heavy (non-hydrogen) atoms. The van der Waals surface area contributed by atoms with Gasteiger partial charge in [-0.3, -0.25) is 0 Å². The van der Waals surface area contributed by atoms with Crippen LogP contribution in [0.5, 0.6) is 0 Å². The van der Waals surface area contributed by atoms with E-state index in [1.807, 2.05) is 24.3 Å². The molecule has 1 saturated heterocycles. The number of nitrogens with one attached hydrogen (secondary N) is 2. The van der Waals surface area contributed by atoms with Crippen molar-refractivity contribution in [3.8, 4) is 0 Å². The highest BCUT2D eigenvalue weighted by molar-refractivity contribution is 5.77. The quantitative estimate of drug-likeness (QED) is 0.835. The number of imidazole rings is 1. The summed E-state index contributed by atoms with van der Waals surface area (Å²) < 4.78 is 5.53. The number of ether oxygens (including phenoxy) is 1. The average Bonchev–Trinajstić information content (AvgIpc) is 2.71. The van der Waals surface area contributed by atoms with Crippen LogP contribution in [0.4, 0.5) is 5.95 Å². The van der Waals surface area contributed by atoms with E-state index in [9.17, 15) is 0 Å². The van der Waals surface area contributed by atoms with Gasteiger partial charge in [-0.15, -0.1) is 0 Å². The van der Waals surface area contributed by atoms with E-state index in [0.717, 1.165) is 36.4 Å². The number of rotatable bonds is 2. The van der Waals surface area contributed by atoms with Crippen molar-refractivity contribution in [1.29, 1.82) is 0 Å². The summed E-state index contributed by atoms with van der Waals surface area (Å²) in [5, 5.41) is 3.45. The number of para-hydroxylation sites is 2. The van der Waals surface area contributed by atoms with Crippen LogP contribution in [-0.2, 0) is 4.74 Å². The van der Waals surface area contributed by atoms with Crippen molar-refractivity contribution in [1.82, 2.24) is 9.97 Å². The molecule has 1 aromatic heterocycles. The van der Waals surface area contributed by atoms with Crippen molar-refractivity contribution in [3.63, 3.8) is 0 Å². The second-order valence-electron chi connectivity index (χ2n) is 4.65. The van der Waals surface area contributed by atoms with Crippen molar-refractivity contribution >= 4 is 17.0 Å². The summed E-state index contributed by atoms with van der Waals surface area (Å²) in [4.78, 5) is 7.82. The van der Waals surface area contributed by atoms with Crippen LogP contribution in [0.3, 0.4) is 0 Å². The monoisotopic (exact) mass is 231 g/mol. The number of H-pyrrole nitrogens is 1. The van der Waals surface area contributed by atoms with E-state index in [2.05, 4.69) is 22.2 Å². The molecule has 0 aliphatic carbocycles. The molecule has 1 aromatic carbocycles. The van der Waals surface area contributed by atoms with Crippen molar-refractivity contribution < 1.29 is 4.74 Å². The third kappa shape index (κ3) is 2.26. The van der Waals surface area contributed by atoms with E-state index in [0.29, 0.717) is 12.1 Å². The van der Waals surface area contributed by atoms with Gasteiger partial charge in [0.15, 0.2) is 0 Å². The van der Waals surface area contributed by atoms with Gasteiger partial charge in [-0.2, -0.15) is 0 Å². The Labute approximate surface area is 100 Å². The van der Waals surface area contributed by atoms with Gasteiger partial charge in [0.25, 0.3) is 0 Å². The Morgan fingerprint density at radius 1 is 1.41 bits per heavy atom. The molecular weight excluding hydrogens is 214 g/mol. The molecule has 4 heteroatoms. The van der Waals surface area contributed by atoms with Crippen LogP contribution >= 0.6 is 0 Å². The second-order valence-corrected chi connectivity index (χ2v) is 4.65. The summed E-state index contributed by atoms with van der Waals surface area (Å²) in [6.07, 6.45) is 2.42. The Balaban J connectivity index is 1.75. The van der Waals surface area contributed by atoms with Gasteiger partial charge in [-0.25, -0.2) is 4.98 Å². The standard InChI is InChI=1S/C13H17N3O/c1-9-8-10(6-7-17-9)14-13-15-11-4-2-3-5-12(11)16-13/h2-5,9-10H,6-8H2,1H3,(H2,14,15,16). The maximum absolute atomic E-state index is 5.53. The molecule has 2 heterocycles. The van der Waals surface area contributed by atoms with Gasteiger partial charge in [0.2, 0.25) is 5.95 Å². The smallest absolute Gasteiger partial charge is 0.201 e. The van der Waals surface area contributed by atoms with Crippen LogP contribution in [0.15, 0.2) is 24.3 Å². The first-order valence-electron chi connectivity index (χ1n) is 6.14. The minimum atomic E-state index is 0.339. The Bertz CT molecular complexity index is 475. The lowest BCUT2D eigenvalue weighted by Crippen LogP contribution is -2.32. The molecule has 0 amide bonds. The molecule has 0 saturated carbocycles. The molecule has 0 radical (unpaired) electrons. The Hall–Kier alpha value is -1.55. The molecule has 1 aliphatic rings. The zero-order chi connectivity index (χ0) is 11.7. The zero-order valence-electron chi connectivity index (χ0n) is 9.94. The lowest BCUT2D eigenvalue weighted by atomic mass is 10.0. The van der Waals surface area contributed by atoms with Gasteiger partial charge < -0.3 is 15.0 Å². The topological polar surface area (TPSA) is 49.9 Å². The molecule has 2 atom stereocenters. The molecule has 1 aliphatic heterocycles. The SMILES string of the molecule is CC1CC(Nc2nc3ccccc3[nH]2)CCO1. The van der Waals surface area contributed by atoms with Crippen LogP contribution in [0.2, 0.25) is 0 Å². The van der Waals surface area contributed by atoms with Gasteiger partial charge in [-0.1, -0.05) is 12.1 Å². The Kier molecular flexibility index (Phi) is 2.73. The number of anilines is 1. The van der Waals surface area contributed by atoms with Gasteiger partial charge in [0.05, 0.1) is 17.1 Å². The van der Waals surface area contributed by atoms with Gasteiger partial charge in [0.1, 0.15) is 0 Å². The van der Waals surface area contributed by atoms with Crippen LogP contribution in [-0.4, -0.2) is 28.7 Å². The Morgan fingerprint density at radius 2 is 2.29 bits per heavy atom. The third-order valence-electron chi connectivity index (χ3n) is 3.22. The number of hydrogen-bond acceptors (Lipinski definition) is 3. The average molecular weight is 231 g/mol. The number of fused-ring (bicyclic) bond motifs is 1. The van der Waals surface area contributed by atoms with Gasteiger partial charge >= 0.3 is 0 Å². The van der Waals surface area contributed by atoms with Crippen LogP contribution < -0.4 is 5.32 Å². The first kappa shape index (κ1) is 10.6. The summed E-state index contributed by atoms with van der Waals surface area (Å²) in [6, 6.07) is 8.54. The fourth-order valence-electron chi connectivity index (χ4n) is 2.34. The fourth-order valence-corrected chi connectivity index (χ4v) is 2.34. The molecule has 0 spiro atoms. The van der Waals surface area contributed by atoms with Crippen molar-refractivity contribution in [2.24, 2.45) is 0 Å². The van der Waals surface area contributed by atoms with Crippen molar-refractivity contribution in [3.05, 3.63) is 24.3 Å². The predicted molar refractivity (Wildman–Crippen MR) is 68.2 cm³/mol. The molecular formula is C13H17N3O. The van der Waals surface area contributed by atoms with Crippen LogP contribution in [0.25, 0.3) is 11.0 Å². The van der Waals surface area contributed by atoms with Crippen molar-refractivity contribution in [2.75, 3.05) is 11.9 Å². The number of nitrogens with zero attached hydrogens (tertiary/aromatic N) is 1. The highest BCUT2D eigenvalue weighted by atomic mass is 16.5. The normalized spacial score (nSPS) is 25.0. The second kappa shape index (κ2) is 4.37. The molecule has 2 unspecified atom stereocenters. The summed E-state index contributed by atoms with van der Waals surface area (Å²) >= 11 is 0. The number of aromatic amines is 1. The lowest BCUT2D eigenvalue weighted by Gasteiger charge is -2.27. The molecule has 3 rings (SSSR count). The molecule has 1 fully saturated rings. The summed E-state index contributed by atoms with van der Waals surface area (Å²) in [6.45, 7) is 2.95. The first-order valence-corrected chi connectivity index (χ1v) is 6.14. The minimum absolute atomic E-state index is 0.339. The van der Waals surface area contributed by atoms with Gasteiger partial charge in [-0.05, 0) is 31.9 Å². The minimum Gasteiger partial charge on any atom is -0.378 e. The lowest BCUT2D eigenvalue weighted by molar-refractivity contribution is 0.0231. The molecule has 90 valence electrons. The fraction of sp³-hybridized carbons (Fsp3) is 0.462. The zero-order valence-corrected chi connectivity index (χ0v) is 9.94. The largest absolute Gasteiger partial charge is 0.378 e. The third-order valence-corrected chi connectivity index (χ3v) is 3.22. The number of hydrogen-bond donors (Lipinski definition) is 2. The summed E-state index contributed by atoms with van der Waals surface area (Å²) in [7, 11) is 0. The van der Waals surface area contributed by atoms with Crippen LogP contribution in [0.1, 0.15) is 19.8 Å². The molecule has 0 bridgehead atoms. The van der Waals surface area contributed by atoms with E-state index >= 15 is 0 Å². The van der Waals surface area contributed by atoms with Crippen molar-refractivity contribution in [2.45, 2.75) is 31.9 Å². The Morgan fingerprint density at radius 3 is 3.12 bits per heavy atom. The van der Waals surface area contributed by atoms with E-state index in [-0.39, 0.29) is 0 Å². The van der Waals surface area contributed by atoms with Crippen LogP contribution in [0, 0.1) is 0 Å². The maximum atomic E-state index is 5.53. The summed E-state index contributed by atoms with van der Waals surface area (Å²) in [5.41, 5.74) is 2.09. The molecule has 2 N–H and O–H groups in total. The number of aromatic nitrogens is 2. The van der Waals surface area contributed by atoms with E-state index in [1.54, 1.807) is 0 Å².